The lowest BCUT2D eigenvalue weighted by Crippen LogP contribution is -2.48. The van der Waals surface area contributed by atoms with E-state index in [1.54, 1.807) is 12.1 Å². The first-order valence-electron chi connectivity index (χ1n) is 9.15. The third-order valence-electron chi connectivity index (χ3n) is 5.19. The normalized spacial score (nSPS) is 18.9. The topological polar surface area (TPSA) is 80.2 Å². The van der Waals surface area contributed by atoms with Crippen LogP contribution in [0.1, 0.15) is 29.9 Å². The fourth-order valence-corrected chi connectivity index (χ4v) is 3.90. The van der Waals surface area contributed by atoms with Gasteiger partial charge in [0.1, 0.15) is 17.2 Å². The maximum atomic E-state index is 12.3. The molecule has 4 heterocycles. The average molecular weight is 388 g/mol. The van der Waals surface area contributed by atoms with Crippen molar-refractivity contribution in [2.75, 3.05) is 31.6 Å². The first kappa shape index (κ1) is 18.3. The zero-order valence-electron chi connectivity index (χ0n) is 15.2. The number of aromatic nitrogens is 3. The molecule has 142 valence electrons. The molecule has 0 atom stereocenters. The van der Waals surface area contributed by atoms with Crippen LogP contribution in [0.3, 0.4) is 0 Å². The number of hydrogen-bond acceptors (Lipinski definition) is 6. The Labute approximate surface area is 163 Å². The lowest BCUT2D eigenvalue weighted by atomic mass is 9.83. The maximum absolute atomic E-state index is 12.3. The summed E-state index contributed by atoms with van der Waals surface area (Å²) in [7, 11) is 0. The highest BCUT2D eigenvalue weighted by atomic mass is 35.5. The standard InChI is InChI=1S/C19H22ClN5O2/c1-13-21-10-14-4-9-27-19(18(14)23-13)5-7-25(8-6-19)12-17(26)24-16-3-2-15(20)11-22-16/h2-3,10-11H,4-9,12H2,1H3,(H,22,24,26). The van der Waals surface area contributed by atoms with E-state index in [2.05, 4.69) is 25.2 Å². The van der Waals surface area contributed by atoms with Crippen LogP contribution in [0, 0.1) is 6.92 Å². The second kappa shape index (κ2) is 7.50. The first-order chi connectivity index (χ1) is 13.0. The molecule has 0 unspecified atom stereocenters. The number of piperidine rings is 1. The van der Waals surface area contributed by atoms with Crippen molar-refractivity contribution in [3.63, 3.8) is 0 Å². The third-order valence-corrected chi connectivity index (χ3v) is 5.42. The summed E-state index contributed by atoms with van der Waals surface area (Å²) in [5, 5.41) is 3.35. The minimum Gasteiger partial charge on any atom is -0.368 e. The molecule has 4 rings (SSSR count). The molecule has 1 fully saturated rings. The van der Waals surface area contributed by atoms with Gasteiger partial charge in [0.2, 0.25) is 5.91 Å². The Morgan fingerprint density at radius 3 is 2.85 bits per heavy atom. The molecule has 1 saturated heterocycles. The fourth-order valence-electron chi connectivity index (χ4n) is 3.79. The number of halogens is 1. The van der Waals surface area contributed by atoms with Crippen LogP contribution in [-0.2, 0) is 21.6 Å². The molecule has 2 aromatic heterocycles. The van der Waals surface area contributed by atoms with Gasteiger partial charge in [-0.25, -0.2) is 15.0 Å². The van der Waals surface area contributed by atoms with Gasteiger partial charge in [-0.2, -0.15) is 0 Å². The van der Waals surface area contributed by atoms with Crippen LogP contribution >= 0.6 is 11.6 Å². The van der Waals surface area contributed by atoms with Gasteiger partial charge in [-0.15, -0.1) is 0 Å². The number of likely N-dealkylation sites (tertiary alicyclic amines) is 1. The van der Waals surface area contributed by atoms with Crippen LogP contribution < -0.4 is 5.32 Å². The first-order valence-corrected chi connectivity index (χ1v) is 9.53. The molecule has 0 aliphatic carbocycles. The van der Waals surface area contributed by atoms with Gasteiger partial charge >= 0.3 is 0 Å². The number of amides is 1. The summed E-state index contributed by atoms with van der Waals surface area (Å²) < 4.78 is 6.21. The van der Waals surface area contributed by atoms with E-state index in [1.807, 2.05) is 13.1 Å². The van der Waals surface area contributed by atoms with Gasteiger partial charge in [0.05, 0.1) is 23.9 Å². The van der Waals surface area contributed by atoms with Gasteiger partial charge < -0.3 is 10.1 Å². The Kier molecular flexibility index (Phi) is 5.08. The summed E-state index contributed by atoms with van der Waals surface area (Å²) in [6.45, 7) is 4.50. The number of carbonyl (C=O) groups is 1. The number of aryl methyl sites for hydroxylation is 1. The molecule has 2 aliphatic rings. The molecule has 27 heavy (non-hydrogen) atoms. The molecule has 7 nitrogen and oxygen atoms in total. The molecule has 0 aromatic carbocycles. The van der Waals surface area contributed by atoms with Gasteiger partial charge in [-0.05, 0) is 43.9 Å². The Bertz CT molecular complexity index is 834. The van der Waals surface area contributed by atoms with E-state index < -0.39 is 0 Å². The molecular weight excluding hydrogens is 366 g/mol. The van der Waals surface area contributed by atoms with Crippen LogP contribution in [0.15, 0.2) is 24.5 Å². The van der Waals surface area contributed by atoms with E-state index in [4.69, 9.17) is 16.3 Å². The number of hydrogen-bond donors (Lipinski definition) is 1. The van der Waals surface area contributed by atoms with E-state index in [0.29, 0.717) is 24.0 Å². The fraction of sp³-hybridized carbons (Fsp3) is 0.474. The van der Waals surface area contributed by atoms with Crippen molar-refractivity contribution in [3.05, 3.63) is 46.6 Å². The highest BCUT2D eigenvalue weighted by molar-refractivity contribution is 6.30. The van der Waals surface area contributed by atoms with Crippen LogP contribution in [0.25, 0.3) is 0 Å². The van der Waals surface area contributed by atoms with Crippen LogP contribution in [0.4, 0.5) is 5.82 Å². The van der Waals surface area contributed by atoms with Gasteiger partial charge in [0, 0.05) is 25.5 Å². The van der Waals surface area contributed by atoms with Gasteiger partial charge in [0.25, 0.3) is 0 Å². The molecule has 1 N–H and O–H groups in total. The lowest BCUT2D eigenvalue weighted by molar-refractivity contribution is -0.122. The van der Waals surface area contributed by atoms with Crippen molar-refractivity contribution in [2.45, 2.75) is 31.8 Å². The van der Waals surface area contributed by atoms with Crippen molar-refractivity contribution in [3.8, 4) is 0 Å². The average Bonchev–Trinajstić information content (AvgIpc) is 2.66. The molecule has 2 aromatic rings. The van der Waals surface area contributed by atoms with E-state index in [0.717, 1.165) is 43.9 Å². The molecular formula is C19H22ClN5O2. The largest absolute Gasteiger partial charge is 0.368 e. The van der Waals surface area contributed by atoms with Crippen molar-refractivity contribution in [1.29, 1.82) is 0 Å². The Hall–Kier alpha value is -2.09. The van der Waals surface area contributed by atoms with Crippen LogP contribution in [0.5, 0.6) is 0 Å². The summed E-state index contributed by atoms with van der Waals surface area (Å²) >= 11 is 5.82. The maximum Gasteiger partial charge on any atom is 0.239 e. The lowest BCUT2D eigenvalue weighted by Gasteiger charge is -2.43. The van der Waals surface area contributed by atoms with Crippen LogP contribution in [-0.4, -0.2) is 52.0 Å². The van der Waals surface area contributed by atoms with Gasteiger partial charge in [-0.1, -0.05) is 11.6 Å². The summed E-state index contributed by atoms with van der Waals surface area (Å²) in [6.07, 6.45) is 5.95. The van der Waals surface area contributed by atoms with Crippen molar-refractivity contribution in [2.24, 2.45) is 0 Å². The third kappa shape index (κ3) is 3.95. The number of carbonyl (C=O) groups excluding carboxylic acids is 1. The van der Waals surface area contributed by atoms with Gasteiger partial charge in [-0.3, -0.25) is 9.69 Å². The second-order valence-corrected chi connectivity index (χ2v) is 7.51. The molecule has 1 amide bonds. The number of nitrogens with one attached hydrogen (secondary N) is 1. The number of anilines is 1. The molecule has 0 radical (unpaired) electrons. The zero-order valence-corrected chi connectivity index (χ0v) is 16.0. The molecule has 1 spiro atoms. The van der Waals surface area contributed by atoms with Gasteiger partial charge in [0.15, 0.2) is 0 Å². The van der Waals surface area contributed by atoms with E-state index in [9.17, 15) is 4.79 Å². The SMILES string of the molecule is Cc1ncc2c(n1)C1(CCN(CC(=O)Nc3ccc(Cl)cn3)CC1)OCC2. The molecule has 8 heteroatoms. The minimum absolute atomic E-state index is 0.0797. The Morgan fingerprint density at radius 2 is 2.11 bits per heavy atom. The highest BCUT2D eigenvalue weighted by Crippen LogP contribution is 2.40. The number of fused-ring (bicyclic) bond motifs is 2. The summed E-state index contributed by atoms with van der Waals surface area (Å²) in [6, 6.07) is 3.40. The summed E-state index contributed by atoms with van der Waals surface area (Å²) in [5.41, 5.74) is 1.88. The quantitative estimate of drug-likeness (QED) is 0.870. The molecule has 0 bridgehead atoms. The Morgan fingerprint density at radius 1 is 1.30 bits per heavy atom. The Balaban J connectivity index is 1.37. The molecule has 2 aliphatic heterocycles. The van der Waals surface area contributed by atoms with Crippen LogP contribution in [0.2, 0.25) is 5.02 Å². The number of pyridine rings is 1. The predicted octanol–water partition coefficient (Wildman–Crippen LogP) is 2.34. The summed E-state index contributed by atoms with van der Waals surface area (Å²) in [5.74, 6) is 1.20. The monoisotopic (exact) mass is 387 g/mol. The second-order valence-electron chi connectivity index (χ2n) is 7.07. The van der Waals surface area contributed by atoms with E-state index >= 15 is 0 Å². The number of ether oxygens (including phenoxy) is 1. The minimum atomic E-state index is -0.341. The highest BCUT2D eigenvalue weighted by Gasteiger charge is 2.42. The van der Waals surface area contributed by atoms with E-state index in [-0.39, 0.29) is 11.5 Å². The van der Waals surface area contributed by atoms with Crippen molar-refractivity contribution in [1.82, 2.24) is 19.9 Å². The smallest absolute Gasteiger partial charge is 0.239 e. The van der Waals surface area contributed by atoms with Crippen molar-refractivity contribution >= 4 is 23.3 Å². The van der Waals surface area contributed by atoms with E-state index in [1.165, 1.54) is 11.8 Å². The number of nitrogens with zero attached hydrogens (tertiary/aromatic N) is 4. The molecule has 0 saturated carbocycles. The predicted molar refractivity (Wildman–Crippen MR) is 102 cm³/mol. The summed E-state index contributed by atoms with van der Waals surface area (Å²) in [4.78, 5) is 27.5. The zero-order chi connectivity index (χ0) is 18.9. The van der Waals surface area contributed by atoms with Crippen molar-refractivity contribution < 1.29 is 9.53 Å². The number of rotatable bonds is 3.